The summed E-state index contributed by atoms with van der Waals surface area (Å²) in [5.41, 5.74) is 0. The predicted molar refractivity (Wildman–Crippen MR) is 60.4 cm³/mol. The molecule has 0 saturated carbocycles. The SMILES string of the molecule is CC=CC(CCC)CCC.Cl.N. The minimum Gasteiger partial charge on any atom is -0.344 e. The van der Waals surface area contributed by atoms with Crippen LogP contribution in [-0.2, 0) is 0 Å². The second-order valence-electron chi connectivity index (χ2n) is 2.86. The van der Waals surface area contributed by atoms with Gasteiger partial charge in [-0.2, -0.15) is 0 Å². The maximum absolute atomic E-state index is 2.34. The van der Waals surface area contributed by atoms with E-state index in [2.05, 4.69) is 32.9 Å². The summed E-state index contributed by atoms with van der Waals surface area (Å²) in [6, 6.07) is 0. The third-order valence-electron chi connectivity index (χ3n) is 1.78. The number of hydrogen-bond acceptors (Lipinski definition) is 1. The van der Waals surface area contributed by atoms with Gasteiger partial charge in [0.05, 0.1) is 0 Å². The van der Waals surface area contributed by atoms with Crippen LogP contribution in [0.2, 0.25) is 0 Å². The van der Waals surface area contributed by atoms with Crippen molar-refractivity contribution < 1.29 is 0 Å². The lowest BCUT2D eigenvalue weighted by Crippen LogP contribution is -1.94. The third-order valence-corrected chi connectivity index (χ3v) is 1.78. The quantitative estimate of drug-likeness (QED) is 0.647. The van der Waals surface area contributed by atoms with Crippen LogP contribution in [0, 0.1) is 5.92 Å². The molecule has 0 heterocycles. The van der Waals surface area contributed by atoms with E-state index in [4.69, 9.17) is 0 Å². The van der Waals surface area contributed by atoms with Crippen LogP contribution in [0.1, 0.15) is 46.5 Å². The fourth-order valence-corrected chi connectivity index (χ4v) is 1.35. The highest BCUT2D eigenvalue weighted by Crippen LogP contribution is 2.14. The molecule has 12 heavy (non-hydrogen) atoms. The van der Waals surface area contributed by atoms with Gasteiger partial charge in [0.1, 0.15) is 0 Å². The van der Waals surface area contributed by atoms with E-state index < -0.39 is 0 Å². The minimum atomic E-state index is 0. The number of hydrogen-bond donors (Lipinski definition) is 1. The molecule has 0 aromatic carbocycles. The number of halogens is 1. The number of rotatable bonds is 5. The molecule has 0 aliphatic carbocycles. The first-order valence-electron chi connectivity index (χ1n) is 4.47. The second-order valence-corrected chi connectivity index (χ2v) is 2.86. The van der Waals surface area contributed by atoms with Crippen LogP contribution < -0.4 is 6.15 Å². The Kier molecular flexibility index (Phi) is 20.3. The third kappa shape index (κ3) is 9.99. The van der Waals surface area contributed by atoms with Crippen LogP contribution >= 0.6 is 12.4 Å². The topological polar surface area (TPSA) is 35.0 Å². The Morgan fingerprint density at radius 1 is 1.08 bits per heavy atom. The standard InChI is InChI=1S/C10H20.ClH.H3N/c1-4-7-10(8-5-2)9-6-3;;/h4,7,10H,5-6,8-9H2,1-3H3;1H;1H3. The average molecular weight is 194 g/mol. The van der Waals surface area contributed by atoms with E-state index in [-0.39, 0.29) is 18.6 Å². The van der Waals surface area contributed by atoms with Crippen LogP contribution in [-0.4, -0.2) is 0 Å². The van der Waals surface area contributed by atoms with E-state index in [1.54, 1.807) is 0 Å². The van der Waals surface area contributed by atoms with Crippen molar-refractivity contribution in [1.82, 2.24) is 6.15 Å². The molecule has 0 unspecified atom stereocenters. The lowest BCUT2D eigenvalue weighted by atomic mass is 9.98. The lowest BCUT2D eigenvalue weighted by molar-refractivity contribution is 0.529. The smallest absolute Gasteiger partial charge is 0.0234 e. The molecule has 0 bridgehead atoms. The molecule has 0 amide bonds. The molecule has 0 atom stereocenters. The van der Waals surface area contributed by atoms with Crippen LogP contribution in [0.3, 0.4) is 0 Å². The van der Waals surface area contributed by atoms with E-state index in [0.29, 0.717) is 0 Å². The Morgan fingerprint density at radius 3 is 1.75 bits per heavy atom. The molecule has 0 saturated heterocycles. The summed E-state index contributed by atoms with van der Waals surface area (Å²) in [5.74, 6) is 0.847. The minimum absolute atomic E-state index is 0. The van der Waals surface area contributed by atoms with Gasteiger partial charge in [-0.3, -0.25) is 0 Å². The highest BCUT2D eigenvalue weighted by atomic mass is 35.5. The summed E-state index contributed by atoms with van der Waals surface area (Å²) in [6.45, 7) is 6.62. The van der Waals surface area contributed by atoms with Gasteiger partial charge in [0, 0.05) is 0 Å². The fraction of sp³-hybridized carbons (Fsp3) is 0.800. The van der Waals surface area contributed by atoms with Crippen molar-refractivity contribution in [2.45, 2.75) is 46.5 Å². The zero-order valence-corrected chi connectivity index (χ0v) is 9.49. The summed E-state index contributed by atoms with van der Waals surface area (Å²) < 4.78 is 0. The molecule has 2 heteroatoms. The largest absolute Gasteiger partial charge is 0.344 e. The fourth-order valence-electron chi connectivity index (χ4n) is 1.35. The molecule has 0 aliphatic rings. The van der Waals surface area contributed by atoms with Gasteiger partial charge >= 0.3 is 0 Å². The first-order valence-corrected chi connectivity index (χ1v) is 4.47. The van der Waals surface area contributed by atoms with Crippen LogP contribution in [0.5, 0.6) is 0 Å². The van der Waals surface area contributed by atoms with Crippen molar-refractivity contribution >= 4 is 12.4 Å². The second kappa shape index (κ2) is 13.6. The summed E-state index contributed by atoms with van der Waals surface area (Å²) in [7, 11) is 0. The lowest BCUT2D eigenvalue weighted by Gasteiger charge is -2.08. The van der Waals surface area contributed by atoms with Crippen LogP contribution in [0.15, 0.2) is 12.2 Å². The summed E-state index contributed by atoms with van der Waals surface area (Å²) in [5, 5.41) is 0. The molecule has 0 aromatic heterocycles. The molecular weight excluding hydrogens is 170 g/mol. The van der Waals surface area contributed by atoms with Crippen LogP contribution in [0.25, 0.3) is 0 Å². The summed E-state index contributed by atoms with van der Waals surface area (Å²) in [4.78, 5) is 0. The zero-order valence-electron chi connectivity index (χ0n) is 8.68. The van der Waals surface area contributed by atoms with E-state index in [1.807, 2.05) is 0 Å². The van der Waals surface area contributed by atoms with Gasteiger partial charge in [-0.05, 0) is 25.7 Å². The van der Waals surface area contributed by atoms with Gasteiger partial charge in [-0.15, -0.1) is 12.4 Å². The molecule has 76 valence electrons. The van der Waals surface area contributed by atoms with Gasteiger partial charge in [0.2, 0.25) is 0 Å². The van der Waals surface area contributed by atoms with Crippen molar-refractivity contribution in [3.8, 4) is 0 Å². The summed E-state index contributed by atoms with van der Waals surface area (Å²) >= 11 is 0. The van der Waals surface area contributed by atoms with Gasteiger partial charge in [-0.25, -0.2) is 0 Å². The molecule has 0 radical (unpaired) electrons. The Balaban J connectivity index is -0.000000405. The number of allylic oxidation sites excluding steroid dienone is 2. The predicted octanol–water partition coefficient (Wildman–Crippen LogP) is 4.36. The molecule has 0 spiro atoms. The van der Waals surface area contributed by atoms with Gasteiger partial charge in [0.25, 0.3) is 0 Å². The highest BCUT2D eigenvalue weighted by Gasteiger charge is 1.99. The first kappa shape index (κ1) is 17.9. The van der Waals surface area contributed by atoms with Crippen molar-refractivity contribution in [1.29, 1.82) is 0 Å². The average Bonchev–Trinajstić information content (AvgIpc) is 1.90. The van der Waals surface area contributed by atoms with E-state index in [9.17, 15) is 0 Å². The van der Waals surface area contributed by atoms with Gasteiger partial charge in [0.15, 0.2) is 0 Å². The Bertz CT molecular complexity index is 85.8. The molecule has 0 rings (SSSR count). The Morgan fingerprint density at radius 2 is 1.50 bits per heavy atom. The normalized spacial score (nSPS) is 9.67. The molecule has 3 N–H and O–H groups in total. The molecule has 0 aromatic rings. The maximum atomic E-state index is 2.34. The van der Waals surface area contributed by atoms with Crippen molar-refractivity contribution in [3.63, 3.8) is 0 Å². The van der Waals surface area contributed by atoms with E-state index in [0.717, 1.165) is 5.92 Å². The van der Waals surface area contributed by atoms with Crippen molar-refractivity contribution in [2.24, 2.45) is 5.92 Å². The first-order chi connectivity index (χ1) is 4.85. The van der Waals surface area contributed by atoms with E-state index in [1.165, 1.54) is 25.7 Å². The molecule has 0 fully saturated rings. The van der Waals surface area contributed by atoms with Crippen molar-refractivity contribution in [3.05, 3.63) is 12.2 Å². The zero-order chi connectivity index (χ0) is 7.82. The molecule has 1 nitrogen and oxygen atoms in total. The van der Waals surface area contributed by atoms with Gasteiger partial charge < -0.3 is 6.15 Å². The van der Waals surface area contributed by atoms with Crippen LogP contribution in [0.4, 0.5) is 0 Å². The Hall–Kier alpha value is -0.0100. The molecular formula is C10H24ClN. The highest BCUT2D eigenvalue weighted by molar-refractivity contribution is 5.85. The van der Waals surface area contributed by atoms with E-state index >= 15 is 0 Å². The van der Waals surface area contributed by atoms with Gasteiger partial charge in [-0.1, -0.05) is 38.8 Å². The maximum Gasteiger partial charge on any atom is -0.0234 e. The van der Waals surface area contributed by atoms with Crippen molar-refractivity contribution in [2.75, 3.05) is 0 Å². The molecule has 0 aliphatic heterocycles. The summed E-state index contributed by atoms with van der Waals surface area (Å²) in [6.07, 6.45) is 9.86. The monoisotopic (exact) mass is 193 g/mol. The Labute approximate surface area is 83.6 Å².